The van der Waals surface area contributed by atoms with E-state index in [4.69, 9.17) is 4.74 Å². The maximum absolute atomic E-state index is 5.89. The Morgan fingerprint density at radius 2 is 1.92 bits per heavy atom. The summed E-state index contributed by atoms with van der Waals surface area (Å²) in [5.41, 5.74) is 0.668. The molecule has 0 aromatic carbocycles. The molecule has 1 unspecified atom stereocenters. The van der Waals surface area contributed by atoms with Crippen molar-refractivity contribution < 1.29 is 4.74 Å². The fourth-order valence-corrected chi connectivity index (χ4v) is 4.83. The molecule has 2 heteroatoms. The predicted molar refractivity (Wildman–Crippen MR) is 56.2 cm³/mol. The minimum atomic E-state index is -1.02. The molecular weight excluding hydrogens is 164 g/mol. The predicted octanol–water partition coefficient (Wildman–Crippen LogP) is 3.21. The zero-order valence-corrected chi connectivity index (χ0v) is 9.73. The van der Waals surface area contributed by atoms with Gasteiger partial charge in [-0.2, -0.15) is 0 Å². The Kier molecular flexibility index (Phi) is 3.78. The molecule has 0 saturated carbocycles. The first-order valence-electron chi connectivity index (χ1n) is 5.34. The van der Waals surface area contributed by atoms with Gasteiger partial charge in [-0.15, -0.1) is 0 Å². The van der Waals surface area contributed by atoms with Crippen LogP contribution in [0.15, 0.2) is 0 Å². The van der Waals surface area contributed by atoms with Crippen LogP contribution in [0.2, 0.25) is 18.6 Å². The first kappa shape index (κ1) is 10.3. The molecule has 0 N–H and O–H groups in total. The fraction of sp³-hybridized carbons (Fsp3) is 1.00. The highest BCUT2D eigenvalue weighted by Crippen LogP contribution is 2.28. The average molecular weight is 186 g/mol. The van der Waals surface area contributed by atoms with Gasteiger partial charge in [0.05, 0.1) is 8.07 Å². The molecule has 0 spiro atoms. The fourth-order valence-electron chi connectivity index (χ4n) is 2.00. The summed E-state index contributed by atoms with van der Waals surface area (Å²) in [6, 6.07) is 2.77. The summed E-state index contributed by atoms with van der Waals surface area (Å²) in [6.07, 6.45) is 4.02. The smallest absolute Gasteiger partial charge is 0.0840 e. The third-order valence-corrected chi connectivity index (χ3v) is 8.81. The maximum atomic E-state index is 5.89. The molecule has 1 aliphatic rings. The van der Waals surface area contributed by atoms with Crippen LogP contribution < -0.4 is 0 Å². The van der Waals surface area contributed by atoms with E-state index in [0.717, 1.165) is 6.61 Å². The Morgan fingerprint density at radius 1 is 1.25 bits per heavy atom. The van der Waals surface area contributed by atoms with E-state index in [2.05, 4.69) is 20.4 Å². The highest BCUT2D eigenvalue weighted by Gasteiger charge is 2.34. The van der Waals surface area contributed by atoms with Gasteiger partial charge in [-0.25, -0.2) is 0 Å². The van der Waals surface area contributed by atoms with E-state index in [1.54, 1.807) is 0 Å². The van der Waals surface area contributed by atoms with E-state index in [1.807, 2.05) is 0 Å². The number of hydrogen-bond acceptors (Lipinski definition) is 1. The first-order valence-corrected chi connectivity index (χ1v) is 8.33. The summed E-state index contributed by atoms with van der Waals surface area (Å²) in [7, 11) is -1.02. The lowest BCUT2D eigenvalue weighted by molar-refractivity contribution is 0.0593. The lowest BCUT2D eigenvalue weighted by atomic mass is 10.2. The zero-order chi connectivity index (χ0) is 9.03. The van der Waals surface area contributed by atoms with Gasteiger partial charge >= 0.3 is 0 Å². The summed E-state index contributed by atoms with van der Waals surface area (Å²) in [4.78, 5) is 0. The van der Waals surface area contributed by atoms with Crippen LogP contribution in [0.1, 0.15) is 33.1 Å². The molecule has 0 amide bonds. The van der Waals surface area contributed by atoms with Gasteiger partial charge in [0.2, 0.25) is 0 Å². The van der Waals surface area contributed by atoms with Crippen molar-refractivity contribution in [1.82, 2.24) is 0 Å². The van der Waals surface area contributed by atoms with Gasteiger partial charge in [0.15, 0.2) is 0 Å². The Morgan fingerprint density at radius 3 is 2.33 bits per heavy atom. The molecular formula is C10H22OSi. The second-order valence-electron chi connectivity index (χ2n) is 4.22. The van der Waals surface area contributed by atoms with E-state index in [0.29, 0.717) is 5.73 Å². The molecule has 1 saturated heterocycles. The zero-order valence-electron chi connectivity index (χ0n) is 8.73. The molecule has 1 rings (SSSR count). The van der Waals surface area contributed by atoms with Gasteiger partial charge in [0.1, 0.15) is 0 Å². The van der Waals surface area contributed by atoms with Crippen molar-refractivity contribution in [3.05, 3.63) is 0 Å². The van der Waals surface area contributed by atoms with Crippen LogP contribution in [0.3, 0.4) is 0 Å². The van der Waals surface area contributed by atoms with E-state index in [9.17, 15) is 0 Å². The van der Waals surface area contributed by atoms with Crippen LogP contribution in [0, 0.1) is 0 Å². The molecule has 12 heavy (non-hydrogen) atoms. The average Bonchev–Trinajstić information content (AvgIpc) is 2.18. The summed E-state index contributed by atoms with van der Waals surface area (Å²) in [6.45, 7) is 8.21. The van der Waals surface area contributed by atoms with Crippen LogP contribution in [0.25, 0.3) is 0 Å². The highest BCUT2D eigenvalue weighted by atomic mass is 28.3. The molecule has 1 atom stereocenters. The number of rotatable bonds is 3. The molecule has 1 nitrogen and oxygen atoms in total. The minimum Gasteiger partial charge on any atom is -0.382 e. The third kappa shape index (κ3) is 2.11. The van der Waals surface area contributed by atoms with E-state index < -0.39 is 8.07 Å². The van der Waals surface area contributed by atoms with Crippen molar-refractivity contribution in [2.75, 3.05) is 6.61 Å². The summed E-state index contributed by atoms with van der Waals surface area (Å²) < 4.78 is 5.89. The van der Waals surface area contributed by atoms with Crippen molar-refractivity contribution in [3.63, 3.8) is 0 Å². The standard InChI is InChI=1S/C10H22OSi/c1-4-12(3,5-2)10-8-6-7-9-11-10/h10H,4-9H2,1-3H3. The maximum Gasteiger partial charge on any atom is 0.0840 e. The second-order valence-corrected chi connectivity index (χ2v) is 9.58. The molecule has 72 valence electrons. The van der Waals surface area contributed by atoms with Gasteiger partial charge in [0, 0.05) is 12.3 Å². The van der Waals surface area contributed by atoms with Crippen LogP contribution in [-0.2, 0) is 4.74 Å². The largest absolute Gasteiger partial charge is 0.382 e. The minimum absolute atomic E-state index is 0.668. The quantitative estimate of drug-likeness (QED) is 0.615. The highest BCUT2D eigenvalue weighted by molar-refractivity contribution is 6.79. The monoisotopic (exact) mass is 186 g/mol. The van der Waals surface area contributed by atoms with E-state index >= 15 is 0 Å². The lowest BCUT2D eigenvalue weighted by Crippen LogP contribution is -2.46. The SMILES string of the molecule is CC[Si](C)(CC)C1CCCCO1. The molecule has 0 aliphatic carbocycles. The molecule has 0 radical (unpaired) electrons. The van der Waals surface area contributed by atoms with Crippen molar-refractivity contribution >= 4 is 8.07 Å². The van der Waals surface area contributed by atoms with Gasteiger partial charge in [-0.3, -0.25) is 0 Å². The molecule has 0 aromatic heterocycles. The Labute approximate surface area is 77.5 Å². The molecule has 1 heterocycles. The normalized spacial score (nSPS) is 25.8. The summed E-state index contributed by atoms with van der Waals surface area (Å²) in [5, 5.41) is 0. The van der Waals surface area contributed by atoms with Gasteiger partial charge < -0.3 is 4.74 Å². The molecule has 1 aliphatic heterocycles. The second kappa shape index (κ2) is 4.42. The molecule has 1 fully saturated rings. The third-order valence-electron chi connectivity index (χ3n) is 3.57. The molecule has 0 aromatic rings. The Bertz CT molecular complexity index is 126. The summed E-state index contributed by atoms with van der Waals surface area (Å²) >= 11 is 0. The van der Waals surface area contributed by atoms with Crippen LogP contribution in [0.4, 0.5) is 0 Å². The molecule has 0 bridgehead atoms. The van der Waals surface area contributed by atoms with Crippen molar-refractivity contribution in [2.24, 2.45) is 0 Å². The number of hydrogen-bond donors (Lipinski definition) is 0. The van der Waals surface area contributed by atoms with Gasteiger partial charge in [-0.1, -0.05) is 32.5 Å². The van der Waals surface area contributed by atoms with Crippen LogP contribution in [-0.4, -0.2) is 20.4 Å². The topological polar surface area (TPSA) is 9.23 Å². The van der Waals surface area contributed by atoms with Crippen LogP contribution in [0.5, 0.6) is 0 Å². The van der Waals surface area contributed by atoms with Gasteiger partial charge in [0.25, 0.3) is 0 Å². The summed E-state index contributed by atoms with van der Waals surface area (Å²) in [5.74, 6) is 0. The Balaban J connectivity index is 2.51. The van der Waals surface area contributed by atoms with Crippen molar-refractivity contribution in [3.8, 4) is 0 Å². The van der Waals surface area contributed by atoms with Crippen molar-refractivity contribution in [1.29, 1.82) is 0 Å². The van der Waals surface area contributed by atoms with Crippen molar-refractivity contribution in [2.45, 2.75) is 57.5 Å². The number of ether oxygens (including phenoxy) is 1. The lowest BCUT2D eigenvalue weighted by Gasteiger charge is -2.36. The van der Waals surface area contributed by atoms with E-state index in [1.165, 1.54) is 31.4 Å². The Hall–Kier alpha value is 0.177. The first-order chi connectivity index (χ1) is 5.73. The van der Waals surface area contributed by atoms with Gasteiger partial charge in [-0.05, 0) is 19.3 Å². The van der Waals surface area contributed by atoms with E-state index in [-0.39, 0.29) is 0 Å². The van der Waals surface area contributed by atoms with Crippen LogP contribution >= 0.6 is 0 Å².